The number of halogens is 1. The molecule has 0 fully saturated rings. The molecule has 0 aromatic heterocycles. The zero-order valence-electron chi connectivity index (χ0n) is 11.9. The van der Waals surface area contributed by atoms with Gasteiger partial charge in [-0.25, -0.2) is 0 Å². The first-order chi connectivity index (χ1) is 10.1. The summed E-state index contributed by atoms with van der Waals surface area (Å²) in [4.78, 5) is 23.4. The number of hydrogen-bond donors (Lipinski definition) is 3. The molecule has 4 N–H and O–H groups in total. The third kappa shape index (κ3) is 6.12. The van der Waals surface area contributed by atoms with Crippen molar-refractivity contribution in [3.05, 3.63) is 34.9 Å². The second kappa shape index (κ2) is 9.33. The molecule has 0 spiro atoms. The number of hydrogen-bond acceptors (Lipinski definition) is 4. The second-order valence-corrected chi connectivity index (χ2v) is 4.79. The van der Waals surface area contributed by atoms with Crippen molar-refractivity contribution in [2.45, 2.75) is 12.5 Å². The van der Waals surface area contributed by atoms with Crippen LogP contribution in [0.15, 0.2) is 24.3 Å². The molecule has 0 saturated heterocycles. The Balaban J connectivity index is 2.27. The molecule has 1 aromatic carbocycles. The van der Waals surface area contributed by atoms with Crippen LogP contribution >= 0.6 is 11.6 Å². The number of ether oxygens (including phenoxy) is 1. The maximum absolute atomic E-state index is 11.8. The highest BCUT2D eigenvalue weighted by Gasteiger charge is 2.11. The number of rotatable bonds is 8. The van der Waals surface area contributed by atoms with Gasteiger partial charge in [0.2, 0.25) is 5.91 Å². The molecule has 1 atom stereocenters. The summed E-state index contributed by atoms with van der Waals surface area (Å²) in [6.07, 6.45) is -0.0893. The van der Waals surface area contributed by atoms with Crippen LogP contribution in [0.2, 0.25) is 5.02 Å². The van der Waals surface area contributed by atoms with E-state index in [-0.39, 0.29) is 30.9 Å². The lowest BCUT2D eigenvalue weighted by atomic mass is 10.2. The topological polar surface area (TPSA) is 93.4 Å². The van der Waals surface area contributed by atoms with E-state index in [1.165, 1.54) is 7.11 Å². The Morgan fingerprint density at radius 3 is 2.57 bits per heavy atom. The highest BCUT2D eigenvalue weighted by atomic mass is 35.5. The lowest BCUT2D eigenvalue weighted by Crippen LogP contribution is -2.37. The molecule has 0 bridgehead atoms. The number of carbonyl (C=O) groups excluding carboxylic acids is 2. The van der Waals surface area contributed by atoms with Crippen LogP contribution in [0, 0.1) is 0 Å². The molecule has 0 aliphatic carbocycles. The third-order valence-electron chi connectivity index (χ3n) is 2.86. The molecule has 116 valence electrons. The van der Waals surface area contributed by atoms with Crippen LogP contribution in [0.25, 0.3) is 0 Å². The van der Waals surface area contributed by atoms with Crippen LogP contribution in [-0.4, -0.2) is 44.7 Å². The number of nitrogens with one attached hydrogen (secondary N) is 2. The molecule has 1 aromatic rings. The monoisotopic (exact) mass is 313 g/mol. The van der Waals surface area contributed by atoms with E-state index in [1.54, 1.807) is 24.3 Å². The van der Waals surface area contributed by atoms with Crippen molar-refractivity contribution < 1.29 is 14.3 Å². The number of methoxy groups -OCH3 is 1. The van der Waals surface area contributed by atoms with Gasteiger partial charge in [0.15, 0.2) is 0 Å². The SMILES string of the molecule is COC(CN)CC(=O)NCCNC(=O)c1ccccc1Cl. The van der Waals surface area contributed by atoms with Gasteiger partial charge in [-0.05, 0) is 12.1 Å². The van der Waals surface area contributed by atoms with Gasteiger partial charge in [0.1, 0.15) is 0 Å². The smallest absolute Gasteiger partial charge is 0.252 e. The summed E-state index contributed by atoms with van der Waals surface area (Å²) in [5.74, 6) is -0.439. The van der Waals surface area contributed by atoms with Gasteiger partial charge in [0, 0.05) is 26.7 Å². The molecule has 2 amide bonds. The minimum atomic E-state index is -0.289. The van der Waals surface area contributed by atoms with Crippen LogP contribution in [0.1, 0.15) is 16.8 Å². The summed E-state index contributed by atoms with van der Waals surface area (Å²) >= 11 is 5.92. The maximum Gasteiger partial charge on any atom is 0.252 e. The lowest BCUT2D eigenvalue weighted by molar-refractivity contribution is -0.123. The van der Waals surface area contributed by atoms with Gasteiger partial charge in [0.25, 0.3) is 5.91 Å². The number of benzene rings is 1. The molecule has 0 aliphatic heterocycles. The largest absolute Gasteiger partial charge is 0.380 e. The highest BCUT2D eigenvalue weighted by Crippen LogP contribution is 2.14. The molecule has 0 heterocycles. The molecule has 0 radical (unpaired) electrons. The first-order valence-corrected chi connectivity index (χ1v) is 6.98. The fourth-order valence-corrected chi connectivity index (χ4v) is 1.88. The summed E-state index contributed by atoms with van der Waals surface area (Å²) < 4.78 is 5.02. The van der Waals surface area contributed by atoms with E-state index < -0.39 is 0 Å². The number of carbonyl (C=O) groups is 2. The Hall–Kier alpha value is -1.63. The van der Waals surface area contributed by atoms with E-state index in [1.807, 2.05) is 0 Å². The van der Waals surface area contributed by atoms with Gasteiger partial charge in [-0.2, -0.15) is 0 Å². The van der Waals surface area contributed by atoms with Crippen LogP contribution in [0.3, 0.4) is 0 Å². The lowest BCUT2D eigenvalue weighted by Gasteiger charge is -2.12. The third-order valence-corrected chi connectivity index (χ3v) is 3.19. The Kier molecular flexibility index (Phi) is 7.74. The maximum atomic E-state index is 11.8. The Morgan fingerprint density at radius 2 is 1.95 bits per heavy atom. The highest BCUT2D eigenvalue weighted by molar-refractivity contribution is 6.33. The van der Waals surface area contributed by atoms with E-state index in [2.05, 4.69) is 10.6 Å². The van der Waals surface area contributed by atoms with Crippen molar-refractivity contribution in [1.29, 1.82) is 0 Å². The fourth-order valence-electron chi connectivity index (χ4n) is 1.66. The fraction of sp³-hybridized carbons (Fsp3) is 0.429. The van der Waals surface area contributed by atoms with Crippen molar-refractivity contribution in [2.24, 2.45) is 5.73 Å². The molecule has 0 saturated carbocycles. The minimum absolute atomic E-state index is 0.167. The van der Waals surface area contributed by atoms with Gasteiger partial charge >= 0.3 is 0 Å². The average molecular weight is 314 g/mol. The van der Waals surface area contributed by atoms with Crippen molar-refractivity contribution in [2.75, 3.05) is 26.7 Å². The van der Waals surface area contributed by atoms with E-state index in [0.29, 0.717) is 23.7 Å². The zero-order chi connectivity index (χ0) is 15.7. The summed E-state index contributed by atoms with van der Waals surface area (Å²) in [6.45, 7) is 0.930. The number of nitrogens with two attached hydrogens (primary N) is 1. The van der Waals surface area contributed by atoms with Gasteiger partial charge in [-0.1, -0.05) is 23.7 Å². The molecule has 0 aliphatic rings. The Morgan fingerprint density at radius 1 is 1.29 bits per heavy atom. The summed E-state index contributed by atoms with van der Waals surface area (Å²) in [7, 11) is 1.51. The van der Waals surface area contributed by atoms with Crippen LogP contribution in [0.4, 0.5) is 0 Å². The summed E-state index contributed by atoms with van der Waals surface area (Å²) in [5.41, 5.74) is 5.84. The van der Waals surface area contributed by atoms with Gasteiger partial charge in [-0.3, -0.25) is 9.59 Å². The quantitative estimate of drug-likeness (QED) is 0.611. The first-order valence-electron chi connectivity index (χ1n) is 6.60. The average Bonchev–Trinajstić information content (AvgIpc) is 2.49. The zero-order valence-corrected chi connectivity index (χ0v) is 12.7. The molecular weight excluding hydrogens is 294 g/mol. The molecule has 1 unspecified atom stereocenters. The predicted octanol–water partition coefficient (Wildman–Crippen LogP) is 0.550. The number of amides is 2. The van der Waals surface area contributed by atoms with Crippen LogP contribution in [0.5, 0.6) is 0 Å². The standard InChI is InChI=1S/C14H20ClN3O3/c1-21-10(9-16)8-13(19)17-6-7-18-14(20)11-4-2-3-5-12(11)15/h2-5,10H,6-9,16H2,1H3,(H,17,19)(H,18,20). The van der Waals surface area contributed by atoms with E-state index in [0.717, 1.165) is 0 Å². The van der Waals surface area contributed by atoms with E-state index in [4.69, 9.17) is 22.1 Å². The van der Waals surface area contributed by atoms with E-state index in [9.17, 15) is 9.59 Å². The molecule has 21 heavy (non-hydrogen) atoms. The van der Waals surface area contributed by atoms with Gasteiger partial charge in [0.05, 0.1) is 23.1 Å². The predicted molar refractivity (Wildman–Crippen MR) is 81.3 cm³/mol. The molecule has 6 nitrogen and oxygen atoms in total. The van der Waals surface area contributed by atoms with Crippen LogP contribution < -0.4 is 16.4 Å². The molecular formula is C14H20ClN3O3. The Labute approximate surface area is 129 Å². The van der Waals surface area contributed by atoms with Crippen molar-refractivity contribution in [3.8, 4) is 0 Å². The molecule has 7 heteroatoms. The van der Waals surface area contributed by atoms with Crippen molar-refractivity contribution in [3.63, 3.8) is 0 Å². The first kappa shape index (κ1) is 17.4. The van der Waals surface area contributed by atoms with Crippen molar-refractivity contribution >= 4 is 23.4 Å². The minimum Gasteiger partial charge on any atom is -0.380 e. The molecule has 1 rings (SSSR count). The summed E-state index contributed by atoms with van der Waals surface area (Å²) in [6, 6.07) is 6.78. The Bertz CT molecular complexity index is 478. The van der Waals surface area contributed by atoms with Gasteiger partial charge in [-0.15, -0.1) is 0 Å². The second-order valence-electron chi connectivity index (χ2n) is 4.38. The van der Waals surface area contributed by atoms with Crippen molar-refractivity contribution in [1.82, 2.24) is 10.6 Å². The normalized spacial score (nSPS) is 11.8. The van der Waals surface area contributed by atoms with Gasteiger partial charge < -0.3 is 21.1 Å². The summed E-state index contributed by atoms with van der Waals surface area (Å²) in [5, 5.41) is 5.76. The van der Waals surface area contributed by atoms with E-state index >= 15 is 0 Å². The van der Waals surface area contributed by atoms with Crippen LogP contribution in [-0.2, 0) is 9.53 Å².